The zero-order valence-corrected chi connectivity index (χ0v) is 13.3. The van der Waals surface area contributed by atoms with Gasteiger partial charge in [-0.25, -0.2) is 4.79 Å². The molecule has 0 radical (unpaired) electrons. The number of para-hydroxylation sites is 1. The molecular weight excluding hydrogens is 322 g/mol. The number of aromatic hydroxyl groups is 2. The quantitative estimate of drug-likeness (QED) is 0.722. The summed E-state index contributed by atoms with van der Waals surface area (Å²) in [6.45, 7) is 0.381. The predicted molar refractivity (Wildman–Crippen MR) is 90.3 cm³/mol. The smallest absolute Gasteiger partial charge is 0.337 e. The van der Waals surface area contributed by atoms with Crippen LogP contribution in [0.5, 0.6) is 17.5 Å². The van der Waals surface area contributed by atoms with Crippen LogP contribution in [0.4, 0.5) is 0 Å². The summed E-state index contributed by atoms with van der Waals surface area (Å²) in [6.07, 6.45) is -0.0674. The first kappa shape index (κ1) is 16.4. The minimum atomic E-state index is -0.641. The fraction of sp³-hybridized carbons (Fsp3) is 0.105. The molecule has 0 aliphatic rings. The molecule has 0 atom stereocenters. The number of rotatable bonds is 6. The van der Waals surface area contributed by atoms with Crippen molar-refractivity contribution in [1.29, 1.82) is 0 Å². The maximum Gasteiger partial charge on any atom is 0.337 e. The molecule has 0 saturated carbocycles. The van der Waals surface area contributed by atoms with Gasteiger partial charge in [-0.3, -0.25) is 0 Å². The van der Waals surface area contributed by atoms with Gasteiger partial charge < -0.3 is 19.8 Å². The molecule has 1 heterocycles. The number of carbonyl (C=O) groups excluding carboxylic acids is 1. The number of benzene rings is 2. The average molecular weight is 339 g/mol. The Balaban J connectivity index is 1.67. The molecule has 2 N–H and O–H groups in total. The Labute approximate surface area is 144 Å². The molecule has 3 aromatic rings. The van der Waals surface area contributed by atoms with Crippen molar-refractivity contribution in [2.45, 2.75) is 13.0 Å². The third kappa shape index (κ3) is 4.11. The van der Waals surface area contributed by atoms with Gasteiger partial charge in [0.05, 0.1) is 6.42 Å². The van der Waals surface area contributed by atoms with E-state index in [1.165, 1.54) is 12.1 Å². The Bertz CT molecular complexity index is 838. The van der Waals surface area contributed by atoms with Gasteiger partial charge in [0.25, 0.3) is 0 Å². The van der Waals surface area contributed by atoms with Gasteiger partial charge in [0, 0.05) is 17.7 Å². The van der Waals surface area contributed by atoms with Gasteiger partial charge in [0.1, 0.15) is 12.4 Å². The van der Waals surface area contributed by atoms with E-state index in [0.29, 0.717) is 22.7 Å². The Kier molecular flexibility index (Phi) is 4.89. The first-order valence-corrected chi connectivity index (χ1v) is 7.69. The summed E-state index contributed by atoms with van der Waals surface area (Å²) < 4.78 is 6.46. The SMILES string of the molecule is O=C(Cc1ccccc1OCc1ccccc1)On1c(O)ccc1O. The van der Waals surface area contributed by atoms with Crippen molar-refractivity contribution in [3.05, 3.63) is 77.9 Å². The highest BCUT2D eigenvalue weighted by Gasteiger charge is 2.15. The fourth-order valence-electron chi connectivity index (χ4n) is 2.31. The van der Waals surface area contributed by atoms with Crippen LogP contribution < -0.4 is 9.57 Å². The van der Waals surface area contributed by atoms with Gasteiger partial charge in [-0.2, -0.15) is 0 Å². The van der Waals surface area contributed by atoms with Gasteiger partial charge in [0.2, 0.25) is 11.8 Å². The van der Waals surface area contributed by atoms with E-state index >= 15 is 0 Å². The zero-order chi connectivity index (χ0) is 17.6. The lowest BCUT2D eigenvalue weighted by molar-refractivity contribution is -0.144. The van der Waals surface area contributed by atoms with E-state index in [-0.39, 0.29) is 18.2 Å². The molecule has 0 unspecified atom stereocenters. The van der Waals surface area contributed by atoms with E-state index < -0.39 is 5.97 Å². The van der Waals surface area contributed by atoms with Crippen molar-refractivity contribution >= 4 is 5.97 Å². The molecule has 3 rings (SSSR count). The summed E-state index contributed by atoms with van der Waals surface area (Å²) in [5, 5.41) is 19.0. The molecule has 0 fully saturated rings. The van der Waals surface area contributed by atoms with Crippen LogP contribution in [0.15, 0.2) is 66.7 Å². The molecule has 1 aromatic heterocycles. The molecule has 0 saturated heterocycles. The van der Waals surface area contributed by atoms with Crippen molar-refractivity contribution in [2.24, 2.45) is 0 Å². The maximum absolute atomic E-state index is 12.1. The second-order valence-electron chi connectivity index (χ2n) is 5.37. The highest BCUT2D eigenvalue weighted by Crippen LogP contribution is 2.22. The standard InChI is InChI=1S/C19H17NO5/c21-17-10-11-18(22)20(17)25-19(23)12-15-8-4-5-9-16(15)24-13-14-6-2-1-3-7-14/h1-11,21-22H,12-13H2. The van der Waals surface area contributed by atoms with E-state index in [1.807, 2.05) is 36.4 Å². The Morgan fingerprint density at radius 3 is 2.24 bits per heavy atom. The van der Waals surface area contributed by atoms with Gasteiger partial charge in [-0.1, -0.05) is 48.5 Å². The highest BCUT2D eigenvalue weighted by molar-refractivity contribution is 5.74. The summed E-state index contributed by atoms with van der Waals surface area (Å²) in [4.78, 5) is 17.0. The largest absolute Gasteiger partial charge is 0.492 e. The normalized spacial score (nSPS) is 10.4. The highest BCUT2D eigenvalue weighted by atomic mass is 16.7. The fourth-order valence-corrected chi connectivity index (χ4v) is 2.31. The minimum Gasteiger partial charge on any atom is -0.492 e. The van der Waals surface area contributed by atoms with Crippen molar-refractivity contribution in [3.8, 4) is 17.5 Å². The van der Waals surface area contributed by atoms with E-state index in [4.69, 9.17) is 9.57 Å². The van der Waals surface area contributed by atoms with Crippen LogP contribution in [0.25, 0.3) is 0 Å². The predicted octanol–water partition coefficient (Wildman–Crippen LogP) is 2.68. The summed E-state index contributed by atoms with van der Waals surface area (Å²) in [6, 6.07) is 19.3. The monoisotopic (exact) mass is 339 g/mol. The first-order chi connectivity index (χ1) is 12.1. The number of carbonyl (C=O) groups is 1. The molecule has 0 bridgehead atoms. The summed E-state index contributed by atoms with van der Waals surface area (Å²) in [7, 11) is 0. The molecule has 0 aliphatic carbocycles. The Morgan fingerprint density at radius 2 is 1.52 bits per heavy atom. The van der Waals surface area contributed by atoms with Crippen molar-refractivity contribution in [3.63, 3.8) is 0 Å². The lowest BCUT2D eigenvalue weighted by atomic mass is 10.1. The lowest BCUT2D eigenvalue weighted by Gasteiger charge is -2.12. The lowest BCUT2D eigenvalue weighted by Crippen LogP contribution is -2.21. The molecule has 6 heteroatoms. The minimum absolute atomic E-state index is 0.0674. The summed E-state index contributed by atoms with van der Waals surface area (Å²) in [5.74, 6) is -0.791. The molecule has 0 amide bonds. The number of nitrogens with zero attached hydrogens (tertiary/aromatic N) is 1. The Hall–Kier alpha value is -3.41. The van der Waals surface area contributed by atoms with Gasteiger partial charge in [-0.15, -0.1) is 4.73 Å². The second-order valence-corrected chi connectivity index (χ2v) is 5.37. The number of hydrogen-bond acceptors (Lipinski definition) is 5. The molecule has 0 aliphatic heterocycles. The molecular formula is C19H17NO5. The van der Waals surface area contributed by atoms with Crippen molar-refractivity contribution < 1.29 is 24.6 Å². The topological polar surface area (TPSA) is 80.9 Å². The van der Waals surface area contributed by atoms with Gasteiger partial charge in [0.15, 0.2) is 0 Å². The third-order valence-corrected chi connectivity index (χ3v) is 3.54. The van der Waals surface area contributed by atoms with E-state index in [1.54, 1.807) is 18.2 Å². The molecule has 128 valence electrons. The maximum atomic E-state index is 12.1. The summed E-state index contributed by atoms with van der Waals surface area (Å²) in [5.41, 5.74) is 1.66. The Morgan fingerprint density at radius 1 is 0.880 bits per heavy atom. The molecule has 0 spiro atoms. The van der Waals surface area contributed by atoms with Crippen LogP contribution in [0, 0.1) is 0 Å². The van der Waals surface area contributed by atoms with Crippen LogP contribution in [0.2, 0.25) is 0 Å². The molecule has 25 heavy (non-hydrogen) atoms. The van der Waals surface area contributed by atoms with Crippen molar-refractivity contribution in [1.82, 2.24) is 4.73 Å². The van der Waals surface area contributed by atoms with Crippen molar-refractivity contribution in [2.75, 3.05) is 0 Å². The van der Waals surface area contributed by atoms with Crippen LogP contribution in [-0.2, 0) is 17.8 Å². The van der Waals surface area contributed by atoms with Crippen LogP contribution in [-0.4, -0.2) is 20.9 Å². The second kappa shape index (κ2) is 7.44. The first-order valence-electron chi connectivity index (χ1n) is 7.69. The molecule has 2 aromatic carbocycles. The van der Waals surface area contributed by atoms with E-state index in [2.05, 4.69) is 0 Å². The van der Waals surface area contributed by atoms with E-state index in [0.717, 1.165) is 5.56 Å². The zero-order valence-electron chi connectivity index (χ0n) is 13.3. The number of aromatic nitrogens is 1. The summed E-state index contributed by atoms with van der Waals surface area (Å²) >= 11 is 0. The molecule has 6 nitrogen and oxygen atoms in total. The van der Waals surface area contributed by atoms with Crippen LogP contribution >= 0.6 is 0 Å². The van der Waals surface area contributed by atoms with E-state index in [9.17, 15) is 15.0 Å². The van der Waals surface area contributed by atoms with Gasteiger partial charge >= 0.3 is 5.97 Å². The third-order valence-electron chi connectivity index (χ3n) is 3.54. The van der Waals surface area contributed by atoms with Crippen LogP contribution in [0.1, 0.15) is 11.1 Å². The van der Waals surface area contributed by atoms with Gasteiger partial charge in [-0.05, 0) is 11.6 Å². The van der Waals surface area contributed by atoms with Crippen LogP contribution in [0.3, 0.4) is 0 Å². The average Bonchev–Trinajstić information content (AvgIpc) is 2.94. The number of hydrogen-bond donors (Lipinski definition) is 2. The number of ether oxygens (including phenoxy) is 1.